The van der Waals surface area contributed by atoms with Crippen molar-refractivity contribution >= 4 is 6.08 Å². The zero-order valence-electron chi connectivity index (χ0n) is 17.9. The predicted molar refractivity (Wildman–Crippen MR) is 117 cm³/mol. The van der Waals surface area contributed by atoms with Gasteiger partial charge in [0, 0.05) is 0 Å². The number of rotatable bonds is 6. The fraction of sp³-hybridized carbons (Fsp3) is 0.333. The van der Waals surface area contributed by atoms with Gasteiger partial charge < -0.3 is 24.4 Å². The molecular weight excluding hydrogens is 380 g/mol. The predicted octanol–water partition coefficient (Wildman–Crippen LogP) is 4.39. The Hall–Kier alpha value is -3.12. The minimum Gasteiger partial charge on any atom is -0.493 e. The second-order valence-electron chi connectivity index (χ2n) is 7.35. The van der Waals surface area contributed by atoms with Crippen LogP contribution in [0.2, 0.25) is 0 Å². The second-order valence-corrected chi connectivity index (χ2v) is 7.35. The standard InChI is InChI=1S/C24H28N2O4/c1-27-19-10-8-15(13-21(19)29-3)12-16-6-5-7-18-23(16)25-26-24(18)17-9-11-20(28-2)22(14-17)30-4/h8-14,24-26H,5-7H2,1-4H3. The molecule has 158 valence electrons. The molecule has 2 N–H and O–H groups in total. The Morgan fingerprint density at radius 2 is 1.47 bits per heavy atom. The van der Waals surface area contributed by atoms with Gasteiger partial charge in [0.25, 0.3) is 0 Å². The number of methoxy groups -OCH3 is 4. The molecule has 0 amide bonds. The molecule has 4 rings (SSSR count). The molecule has 0 saturated heterocycles. The van der Waals surface area contributed by atoms with Crippen molar-refractivity contribution in [2.24, 2.45) is 0 Å². The van der Waals surface area contributed by atoms with Crippen LogP contribution in [0.15, 0.2) is 53.2 Å². The Bertz CT molecular complexity index is 997. The van der Waals surface area contributed by atoms with Crippen molar-refractivity contribution in [2.75, 3.05) is 28.4 Å². The Balaban J connectivity index is 1.66. The van der Waals surface area contributed by atoms with Crippen LogP contribution in [0.5, 0.6) is 23.0 Å². The molecule has 0 spiro atoms. The van der Waals surface area contributed by atoms with Crippen molar-refractivity contribution in [3.63, 3.8) is 0 Å². The highest BCUT2D eigenvalue weighted by Crippen LogP contribution is 2.41. The molecule has 2 aromatic carbocycles. The minimum atomic E-state index is 0.105. The van der Waals surface area contributed by atoms with Crippen molar-refractivity contribution in [1.82, 2.24) is 10.9 Å². The average Bonchev–Trinajstić information content (AvgIpc) is 3.23. The number of allylic oxidation sites excluding steroid dienone is 1. The molecule has 0 fully saturated rings. The summed E-state index contributed by atoms with van der Waals surface area (Å²) >= 11 is 0. The summed E-state index contributed by atoms with van der Waals surface area (Å²) in [6.45, 7) is 0. The number of hydrogen-bond acceptors (Lipinski definition) is 6. The molecule has 6 nitrogen and oxygen atoms in total. The summed E-state index contributed by atoms with van der Waals surface area (Å²) in [5, 5.41) is 0. The molecule has 0 bridgehead atoms. The Morgan fingerprint density at radius 1 is 0.800 bits per heavy atom. The van der Waals surface area contributed by atoms with Gasteiger partial charge in [-0.1, -0.05) is 12.1 Å². The maximum absolute atomic E-state index is 5.49. The third-order valence-corrected chi connectivity index (χ3v) is 5.71. The van der Waals surface area contributed by atoms with E-state index in [1.165, 1.54) is 16.8 Å². The van der Waals surface area contributed by atoms with Gasteiger partial charge in [-0.05, 0) is 71.9 Å². The maximum atomic E-state index is 5.49. The van der Waals surface area contributed by atoms with Crippen molar-refractivity contribution in [2.45, 2.75) is 25.3 Å². The molecule has 1 aliphatic heterocycles. The number of ether oxygens (including phenoxy) is 4. The van der Waals surface area contributed by atoms with Crippen LogP contribution in [0.1, 0.15) is 36.4 Å². The van der Waals surface area contributed by atoms with Crippen LogP contribution in [-0.4, -0.2) is 28.4 Å². The lowest BCUT2D eigenvalue weighted by Gasteiger charge is -2.20. The van der Waals surface area contributed by atoms with Gasteiger partial charge in [0.1, 0.15) is 0 Å². The van der Waals surface area contributed by atoms with E-state index in [4.69, 9.17) is 18.9 Å². The number of nitrogens with one attached hydrogen (secondary N) is 2. The van der Waals surface area contributed by atoms with Gasteiger partial charge in [-0.25, -0.2) is 5.43 Å². The lowest BCUT2D eigenvalue weighted by molar-refractivity contribution is 0.354. The number of hydrogen-bond donors (Lipinski definition) is 2. The van der Waals surface area contributed by atoms with Crippen LogP contribution in [-0.2, 0) is 0 Å². The molecule has 6 heteroatoms. The molecule has 1 aliphatic carbocycles. The molecular formula is C24H28N2O4. The Labute approximate surface area is 177 Å². The summed E-state index contributed by atoms with van der Waals surface area (Å²) < 4.78 is 21.7. The first-order valence-corrected chi connectivity index (χ1v) is 10.1. The van der Waals surface area contributed by atoms with E-state index in [2.05, 4.69) is 29.1 Å². The lowest BCUT2D eigenvalue weighted by Crippen LogP contribution is -2.27. The first kappa shape index (κ1) is 20.2. The Morgan fingerprint density at radius 3 is 2.17 bits per heavy atom. The quantitative estimate of drug-likeness (QED) is 0.739. The fourth-order valence-electron chi connectivity index (χ4n) is 4.21. The highest BCUT2D eigenvalue weighted by molar-refractivity contribution is 5.64. The summed E-state index contributed by atoms with van der Waals surface area (Å²) in [6, 6.07) is 12.2. The van der Waals surface area contributed by atoms with Gasteiger partial charge in [0.2, 0.25) is 0 Å². The Kier molecular flexibility index (Phi) is 5.86. The van der Waals surface area contributed by atoms with Gasteiger partial charge >= 0.3 is 0 Å². The van der Waals surface area contributed by atoms with Crippen molar-refractivity contribution in [1.29, 1.82) is 0 Å². The van der Waals surface area contributed by atoms with E-state index >= 15 is 0 Å². The summed E-state index contributed by atoms with van der Waals surface area (Å²) in [4.78, 5) is 0. The van der Waals surface area contributed by atoms with E-state index in [9.17, 15) is 0 Å². The summed E-state index contributed by atoms with van der Waals surface area (Å²) in [7, 11) is 6.62. The van der Waals surface area contributed by atoms with Crippen molar-refractivity contribution < 1.29 is 18.9 Å². The molecule has 1 heterocycles. The number of benzene rings is 2. The van der Waals surface area contributed by atoms with E-state index in [1.54, 1.807) is 28.4 Å². The van der Waals surface area contributed by atoms with E-state index in [0.29, 0.717) is 0 Å². The lowest BCUT2D eigenvalue weighted by atomic mass is 9.86. The highest BCUT2D eigenvalue weighted by Gasteiger charge is 2.31. The van der Waals surface area contributed by atoms with E-state index < -0.39 is 0 Å². The molecule has 2 aromatic rings. The topological polar surface area (TPSA) is 61.0 Å². The summed E-state index contributed by atoms with van der Waals surface area (Å²) in [5.41, 5.74) is 13.0. The van der Waals surface area contributed by atoms with Gasteiger partial charge in [0.15, 0.2) is 23.0 Å². The molecule has 1 unspecified atom stereocenters. The normalized spacial score (nSPS) is 19.3. The zero-order chi connectivity index (χ0) is 21.1. The summed E-state index contributed by atoms with van der Waals surface area (Å²) in [6.07, 6.45) is 5.42. The van der Waals surface area contributed by atoms with E-state index in [1.807, 2.05) is 24.3 Å². The summed E-state index contributed by atoms with van der Waals surface area (Å²) in [5.74, 6) is 2.94. The smallest absolute Gasteiger partial charge is 0.161 e. The minimum absolute atomic E-state index is 0.105. The van der Waals surface area contributed by atoms with Crippen LogP contribution in [0.3, 0.4) is 0 Å². The monoisotopic (exact) mass is 408 g/mol. The first-order chi connectivity index (χ1) is 14.7. The number of hydrazine groups is 1. The SMILES string of the molecule is COc1ccc(C=C2CCCC3=C2NNC3c2ccc(OC)c(OC)c2)cc1OC. The van der Waals surface area contributed by atoms with Crippen LogP contribution >= 0.6 is 0 Å². The van der Waals surface area contributed by atoms with Gasteiger partial charge in [-0.3, -0.25) is 0 Å². The molecule has 30 heavy (non-hydrogen) atoms. The third kappa shape index (κ3) is 3.71. The molecule has 0 radical (unpaired) electrons. The fourth-order valence-corrected chi connectivity index (χ4v) is 4.21. The van der Waals surface area contributed by atoms with Crippen molar-refractivity contribution in [3.8, 4) is 23.0 Å². The molecule has 0 saturated carbocycles. The van der Waals surface area contributed by atoms with Crippen LogP contribution in [0, 0.1) is 0 Å². The van der Waals surface area contributed by atoms with Gasteiger partial charge in [0.05, 0.1) is 40.2 Å². The van der Waals surface area contributed by atoms with Crippen LogP contribution in [0.25, 0.3) is 6.08 Å². The maximum Gasteiger partial charge on any atom is 0.161 e. The zero-order valence-corrected chi connectivity index (χ0v) is 17.9. The van der Waals surface area contributed by atoms with Crippen LogP contribution in [0.4, 0.5) is 0 Å². The molecule has 2 aliphatic rings. The van der Waals surface area contributed by atoms with Crippen molar-refractivity contribution in [3.05, 3.63) is 64.4 Å². The van der Waals surface area contributed by atoms with E-state index in [0.717, 1.165) is 53.4 Å². The molecule has 0 aromatic heterocycles. The first-order valence-electron chi connectivity index (χ1n) is 10.1. The van der Waals surface area contributed by atoms with E-state index in [-0.39, 0.29) is 6.04 Å². The van der Waals surface area contributed by atoms with Gasteiger partial charge in [-0.15, -0.1) is 0 Å². The molecule has 1 atom stereocenters. The third-order valence-electron chi connectivity index (χ3n) is 5.71. The van der Waals surface area contributed by atoms with Gasteiger partial charge in [-0.2, -0.15) is 0 Å². The van der Waals surface area contributed by atoms with Crippen LogP contribution < -0.4 is 29.8 Å². The largest absolute Gasteiger partial charge is 0.493 e. The second kappa shape index (κ2) is 8.71. The average molecular weight is 408 g/mol. The highest BCUT2D eigenvalue weighted by atomic mass is 16.5.